The van der Waals surface area contributed by atoms with Gasteiger partial charge in [-0.2, -0.15) is 12.7 Å². The molecule has 128 valence electrons. The number of aryl methyl sites for hydroxylation is 1. The molecule has 1 fully saturated rings. The highest BCUT2D eigenvalue weighted by Crippen LogP contribution is 2.19. The molecule has 6 nitrogen and oxygen atoms in total. The van der Waals surface area contributed by atoms with Crippen LogP contribution in [0.2, 0.25) is 0 Å². The van der Waals surface area contributed by atoms with Crippen molar-refractivity contribution in [3.63, 3.8) is 0 Å². The lowest BCUT2D eigenvalue weighted by molar-refractivity contribution is -0.142. The number of aliphatic carboxylic acids is 1. The van der Waals surface area contributed by atoms with E-state index in [1.165, 1.54) is 16.4 Å². The third-order valence-corrected chi connectivity index (χ3v) is 5.57. The van der Waals surface area contributed by atoms with Crippen LogP contribution in [0.25, 0.3) is 0 Å². The van der Waals surface area contributed by atoms with Crippen molar-refractivity contribution in [2.45, 2.75) is 25.7 Å². The van der Waals surface area contributed by atoms with Gasteiger partial charge in [0.15, 0.2) is 0 Å². The first kappa shape index (κ1) is 17.8. The first-order valence-electron chi connectivity index (χ1n) is 7.60. The molecule has 23 heavy (non-hydrogen) atoms. The molecule has 0 aliphatic carbocycles. The maximum Gasteiger partial charge on any atom is 0.306 e. The highest BCUT2D eigenvalue weighted by molar-refractivity contribution is 7.87. The number of carbonyl (C=O) groups is 1. The number of carboxylic acids is 1. The Kier molecular flexibility index (Phi) is 6.09. The minimum atomic E-state index is -3.58. The SMILES string of the molecule is O=C(O)C1CCN(S(=O)(=O)NCCCc2cccc(F)c2)CC1. The molecule has 1 aliphatic heterocycles. The molecule has 0 bridgehead atoms. The highest BCUT2D eigenvalue weighted by Gasteiger charge is 2.30. The van der Waals surface area contributed by atoms with Crippen LogP contribution in [0, 0.1) is 11.7 Å². The molecule has 1 saturated heterocycles. The molecular formula is C15H21FN2O4S. The number of nitrogens with zero attached hydrogens (tertiary/aromatic N) is 1. The second kappa shape index (κ2) is 7.85. The Hall–Kier alpha value is -1.51. The predicted molar refractivity (Wildman–Crippen MR) is 83.6 cm³/mol. The second-order valence-electron chi connectivity index (χ2n) is 5.64. The highest BCUT2D eigenvalue weighted by atomic mass is 32.2. The standard InChI is InChI=1S/C15H21FN2O4S/c16-14-5-1-3-12(11-14)4-2-8-17-23(21,22)18-9-6-13(7-10-18)15(19)20/h1,3,5,11,13,17H,2,4,6-10H2,(H,19,20). The van der Waals surface area contributed by atoms with Gasteiger partial charge in [0.2, 0.25) is 0 Å². The minimum Gasteiger partial charge on any atom is -0.481 e. The molecule has 0 amide bonds. The zero-order valence-corrected chi connectivity index (χ0v) is 13.6. The summed E-state index contributed by atoms with van der Waals surface area (Å²) in [7, 11) is -3.58. The molecule has 2 N–H and O–H groups in total. The number of piperidine rings is 1. The van der Waals surface area contributed by atoms with Crippen LogP contribution in [0.3, 0.4) is 0 Å². The fourth-order valence-corrected chi connectivity index (χ4v) is 3.90. The smallest absolute Gasteiger partial charge is 0.306 e. The number of carboxylic acid groups (broad SMARTS) is 1. The van der Waals surface area contributed by atoms with E-state index in [1.54, 1.807) is 12.1 Å². The monoisotopic (exact) mass is 344 g/mol. The van der Waals surface area contributed by atoms with E-state index in [0.717, 1.165) is 5.56 Å². The van der Waals surface area contributed by atoms with E-state index in [9.17, 15) is 17.6 Å². The van der Waals surface area contributed by atoms with Gasteiger partial charge in [0, 0.05) is 19.6 Å². The Labute approximate surface area is 135 Å². The van der Waals surface area contributed by atoms with E-state index in [2.05, 4.69) is 4.72 Å². The second-order valence-corrected chi connectivity index (χ2v) is 7.40. The number of benzene rings is 1. The van der Waals surface area contributed by atoms with Crippen LogP contribution in [0.15, 0.2) is 24.3 Å². The number of hydrogen-bond acceptors (Lipinski definition) is 3. The summed E-state index contributed by atoms with van der Waals surface area (Å²) < 4.78 is 41.1. The molecule has 1 aromatic rings. The van der Waals surface area contributed by atoms with E-state index in [-0.39, 0.29) is 25.5 Å². The average molecular weight is 344 g/mol. The molecule has 1 heterocycles. The molecule has 0 unspecified atom stereocenters. The van der Waals surface area contributed by atoms with Crippen molar-refractivity contribution in [3.05, 3.63) is 35.6 Å². The van der Waals surface area contributed by atoms with Gasteiger partial charge in [0.25, 0.3) is 10.2 Å². The Balaban J connectivity index is 1.75. The van der Waals surface area contributed by atoms with Gasteiger partial charge in [0.05, 0.1) is 5.92 Å². The molecule has 1 aromatic carbocycles. The van der Waals surface area contributed by atoms with Crippen LogP contribution in [-0.4, -0.2) is 43.4 Å². The molecule has 0 atom stereocenters. The van der Waals surface area contributed by atoms with Gasteiger partial charge in [-0.05, 0) is 43.4 Å². The summed E-state index contributed by atoms with van der Waals surface area (Å²) in [6.45, 7) is 0.699. The maximum absolute atomic E-state index is 13.0. The quantitative estimate of drug-likeness (QED) is 0.732. The van der Waals surface area contributed by atoms with Crippen molar-refractivity contribution < 1.29 is 22.7 Å². The summed E-state index contributed by atoms with van der Waals surface area (Å²) in [6.07, 6.45) is 1.81. The number of halogens is 1. The van der Waals surface area contributed by atoms with Gasteiger partial charge in [0.1, 0.15) is 5.82 Å². The van der Waals surface area contributed by atoms with Gasteiger partial charge < -0.3 is 5.11 Å². The predicted octanol–water partition coefficient (Wildman–Crippen LogP) is 1.39. The van der Waals surface area contributed by atoms with Crippen molar-refractivity contribution in [1.29, 1.82) is 0 Å². The normalized spacial score (nSPS) is 17.3. The van der Waals surface area contributed by atoms with Crippen LogP contribution in [0.5, 0.6) is 0 Å². The summed E-state index contributed by atoms with van der Waals surface area (Å²) >= 11 is 0. The third kappa shape index (κ3) is 5.26. The number of rotatable bonds is 7. The van der Waals surface area contributed by atoms with E-state index >= 15 is 0 Å². The van der Waals surface area contributed by atoms with Crippen LogP contribution in [-0.2, 0) is 21.4 Å². The summed E-state index contributed by atoms with van der Waals surface area (Å²) in [5, 5.41) is 8.92. The molecule has 2 rings (SSSR count). The number of hydrogen-bond donors (Lipinski definition) is 2. The van der Waals surface area contributed by atoms with Crippen molar-refractivity contribution in [2.24, 2.45) is 5.92 Å². The lowest BCUT2D eigenvalue weighted by atomic mass is 9.99. The summed E-state index contributed by atoms with van der Waals surface area (Å²) in [4.78, 5) is 10.9. The Morgan fingerprint density at radius 2 is 2.04 bits per heavy atom. The zero-order valence-electron chi connectivity index (χ0n) is 12.7. The Bertz CT molecular complexity index is 643. The molecule has 0 saturated carbocycles. The van der Waals surface area contributed by atoms with Crippen molar-refractivity contribution in [1.82, 2.24) is 9.03 Å². The molecule has 1 aliphatic rings. The van der Waals surface area contributed by atoms with E-state index in [0.29, 0.717) is 25.7 Å². The lowest BCUT2D eigenvalue weighted by Gasteiger charge is -2.29. The largest absolute Gasteiger partial charge is 0.481 e. The Morgan fingerprint density at radius 3 is 2.65 bits per heavy atom. The fraction of sp³-hybridized carbons (Fsp3) is 0.533. The van der Waals surface area contributed by atoms with Crippen molar-refractivity contribution >= 4 is 16.2 Å². The lowest BCUT2D eigenvalue weighted by Crippen LogP contribution is -2.46. The molecular weight excluding hydrogens is 323 g/mol. The topological polar surface area (TPSA) is 86.7 Å². The van der Waals surface area contributed by atoms with Gasteiger partial charge >= 0.3 is 5.97 Å². The van der Waals surface area contributed by atoms with Gasteiger partial charge in [-0.3, -0.25) is 4.79 Å². The summed E-state index contributed by atoms with van der Waals surface area (Å²) in [5.41, 5.74) is 0.825. The average Bonchev–Trinajstić information content (AvgIpc) is 2.52. The van der Waals surface area contributed by atoms with Crippen LogP contribution < -0.4 is 4.72 Å². The minimum absolute atomic E-state index is 0.218. The van der Waals surface area contributed by atoms with E-state index in [4.69, 9.17) is 5.11 Å². The summed E-state index contributed by atoms with van der Waals surface area (Å²) in [6, 6.07) is 6.23. The zero-order chi connectivity index (χ0) is 16.9. The van der Waals surface area contributed by atoms with Crippen LogP contribution in [0.1, 0.15) is 24.8 Å². The van der Waals surface area contributed by atoms with Crippen molar-refractivity contribution in [2.75, 3.05) is 19.6 Å². The third-order valence-electron chi connectivity index (χ3n) is 3.96. The van der Waals surface area contributed by atoms with Crippen LogP contribution in [0.4, 0.5) is 4.39 Å². The van der Waals surface area contributed by atoms with Crippen LogP contribution >= 0.6 is 0 Å². The molecule has 8 heteroatoms. The van der Waals surface area contributed by atoms with Gasteiger partial charge in [-0.15, -0.1) is 0 Å². The maximum atomic E-state index is 13.0. The molecule has 0 spiro atoms. The first-order chi connectivity index (χ1) is 10.9. The molecule has 0 radical (unpaired) electrons. The molecule has 0 aromatic heterocycles. The van der Waals surface area contributed by atoms with Gasteiger partial charge in [-0.1, -0.05) is 12.1 Å². The van der Waals surface area contributed by atoms with E-state index in [1.807, 2.05) is 0 Å². The van der Waals surface area contributed by atoms with Crippen molar-refractivity contribution in [3.8, 4) is 0 Å². The Morgan fingerprint density at radius 1 is 1.35 bits per heavy atom. The number of nitrogens with one attached hydrogen (secondary N) is 1. The first-order valence-corrected chi connectivity index (χ1v) is 9.04. The summed E-state index contributed by atoms with van der Waals surface area (Å²) in [5.74, 6) is -1.64. The van der Waals surface area contributed by atoms with E-state index < -0.39 is 22.1 Å². The fourth-order valence-electron chi connectivity index (χ4n) is 2.62. The van der Waals surface area contributed by atoms with Gasteiger partial charge in [-0.25, -0.2) is 9.11 Å².